The van der Waals surface area contributed by atoms with E-state index in [1.54, 1.807) is 29.4 Å². The Hall–Kier alpha value is -4.98. The Morgan fingerprint density at radius 1 is 0.848 bits per heavy atom. The number of hydrogen-bond acceptors (Lipinski definition) is 9. The highest BCUT2D eigenvalue weighted by molar-refractivity contribution is 5.92. The number of nitrogens with zero attached hydrogens (tertiary/aromatic N) is 6. The number of aliphatic hydroxyl groups excluding tert-OH is 1. The average molecular weight is 629 g/mol. The van der Waals surface area contributed by atoms with Crippen LogP contribution in [0.1, 0.15) is 55.6 Å². The average Bonchev–Trinajstić information content (AvgIpc) is 3.77. The molecular formula is C33H40N8O5. The summed E-state index contributed by atoms with van der Waals surface area (Å²) in [5, 5.41) is 30.5. The predicted molar refractivity (Wildman–Crippen MR) is 170 cm³/mol. The van der Waals surface area contributed by atoms with Gasteiger partial charge in [0, 0.05) is 30.8 Å². The molecule has 4 aromatic rings. The van der Waals surface area contributed by atoms with Crippen molar-refractivity contribution in [2.75, 3.05) is 6.61 Å². The van der Waals surface area contributed by atoms with Crippen molar-refractivity contribution in [1.82, 2.24) is 40.6 Å². The van der Waals surface area contributed by atoms with Gasteiger partial charge in [-0.25, -0.2) is 9.36 Å². The van der Waals surface area contributed by atoms with Gasteiger partial charge in [0.25, 0.3) is 0 Å². The summed E-state index contributed by atoms with van der Waals surface area (Å²) in [6.45, 7) is 12.5. The standard InChI is InChI=1S/C19H24N4O3.C14H16N4O2/c1-14(2)19(24)20-11-15-6-8-17(9-7-15)23-12-16(21-22-23)13-26-18-5-3-4-10-25-18;1-10(2)14(20)15-7-11-3-5-13(6-4-11)18-8-12(9-19)16-17-18/h6-9,12,18H,1,3-5,10-11,13H2,2H3,(H,20,24);3-6,8,19H,1,7,9H2,2H3,(H,15,20). The summed E-state index contributed by atoms with van der Waals surface area (Å²) < 4.78 is 14.6. The molecule has 5 rings (SSSR count). The van der Waals surface area contributed by atoms with Gasteiger partial charge in [-0.3, -0.25) is 9.59 Å². The molecule has 2 amide bonds. The minimum absolute atomic E-state index is 0.134. The van der Waals surface area contributed by atoms with E-state index >= 15 is 0 Å². The molecule has 2 aromatic heterocycles. The van der Waals surface area contributed by atoms with Crippen molar-refractivity contribution in [3.8, 4) is 11.4 Å². The number of ether oxygens (including phenoxy) is 2. The molecule has 1 saturated heterocycles. The van der Waals surface area contributed by atoms with E-state index < -0.39 is 0 Å². The van der Waals surface area contributed by atoms with Gasteiger partial charge in [0.05, 0.1) is 37.0 Å². The summed E-state index contributed by atoms with van der Waals surface area (Å²) >= 11 is 0. The number of hydrogen-bond donors (Lipinski definition) is 3. The van der Waals surface area contributed by atoms with Crippen molar-refractivity contribution in [2.24, 2.45) is 0 Å². The molecule has 1 atom stereocenters. The van der Waals surface area contributed by atoms with Gasteiger partial charge >= 0.3 is 0 Å². The number of carbonyl (C=O) groups excluding carboxylic acids is 2. The third-order valence-electron chi connectivity index (χ3n) is 6.88. The van der Waals surface area contributed by atoms with Gasteiger partial charge in [0.1, 0.15) is 11.4 Å². The first-order valence-corrected chi connectivity index (χ1v) is 14.9. The number of carbonyl (C=O) groups is 2. The zero-order chi connectivity index (χ0) is 32.9. The monoisotopic (exact) mass is 628 g/mol. The van der Waals surface area contributed by atoms with Crippen molar-refractivity contribution in [3.63, 3.8) is 0 Å². The Morgan fingerprint density at radius 3 is 1.78 bits per heavy atom. The van der Waals surface area contributed by atoms with E-state index in [2.05, 4.69) is 44.4 Å². The summed E-state index contributed by atoms with van der Waals surface area (Å²) in [6.07, 6.45) is 6.54. The molecule has 13 heteroatoms. The van der Waals surface area contributed by atoms with Crippen molar-refractivity contribution in [3.05, 3.63) is 108 Å². The van der Waals surface area contributed by atoms with Gasteiger partial charge in [-0.2, -0.15) is 0 Å². The van der Waals surface area contributed by atoms with Gasteiger partial charge in [-0.1, -0.05) is 47.9 Å². The maximum absolute atomic E-state index is 11.5. The fourth-order valence-electron chi connectivity index (χ4n) is 4.21. The van der Waals surface area contributed by atoms with Crippen molar-refractivity contribution >= 4 is 11.8 Å². The van der Waals surface area contributed by atoms with Crippen molar-refractivity contribution in [2.45, 2.75) is 65.7 Å². The third kappa shape index (κ3) is 10.3. The SMILES string of the molecule is C=C(C)C(=O)NCc1ccc(-n2cc(CO)nn2)cc1.C=C(C)C(=O)NCc1ccc(-n2cc(COC3CCCCO3)nn2)cc1. The lowest BCUT2D eigenvalue weighted by atomic mass is 10.2. The molecule has 46 heavy (non-hydrogen) atoms. The van der Waals surface area contributed by atoms with E-state index in [9.17, 15) is 9.59 Å². The molecule has 3 N–H and O–H groups in total. The number of aliphatic hydroxyl groups is 1. The Morgan fingerprint density at radius 2 is 1.35 bits per heavy atom. The third-order valence-corrected chi connectivity index (χ3v) is 6.88. The summed E-state index contributed by atoms with van der Waals surface area (Å²) in [7, 11) is 0. The number of benzene rings is 2. The number of nitrogens with one attached hydrogen (secondary N) is 2. The number of amides is 2. The molecular weight excluding hydrogens is 588 g/mol. The molecule has 1 unspecified atom stereocenters. The first kappa shape index (κ1) is 33.9. The van der Waals surface area contributed by atoms with E-state index in [0.29, 0.717) is 36.5 Å². The van der Waals surface area contributed by atoms with E-state index in [4.69, 9.17) is 14.6 Å². The highest BCUT2D eigenvalue weighted by Crippen LogP contribution is 2.16. The Labute approximate surface area is 267 Å². The second-order valence-electron chi connectivity index (χ2n) is 10.8. The highest BCUT2D eigenvalue weighted by Gasteiger charge is 2.15. The second-order valence-corrected chi connectivity index (χ2v) is 10.8. The Balaban J connectivity index is 0.000000216. The topological polar surface area (TPSA) is 158 Å². The molecule has 1 aliphatic rings. The second kappa shape index (κ2) is 16.9. The molecule has 3 heterocycles. The summed E-state index contributed by atoms with van der Waals surface area (Å²) in [4.78, 5) is 22.9. The van der Waals surface area contributed by atoms with Gasteiger partial charge in [0.2, 0.25) is 11.8 Å². The molecule has 13 nitrogen and oxygen atoms in total. The highest BCUT2D eigenvalue weighted by atomic mass is 16.7. The van der Waals surface area contributed by atoms with Gasteiger partial charge in [-0.15, -0.1) is 10.2 Å². The largest absolute Gasteiger partial charge is 0.390 e. The molecule has 1 aliphatic heterocycles. The van der Waals surface area contributed by atoms with Crippen LogP contribution < -0.4 is 10.6 Å². The molecule has 0 bridgehead atoms. The van der Waals surface area contributed by atoms with E-state index in [-0.39, 0.29) is 24.7 Å². The molecule has 2 aromatic carbocycles. The molecule has 0 aliphatic carbocycles. The zero-order valence-electron chi connectivity index (χ0n) is 26.2. The van der Waals surface area contributed by atoms with E-state index in [0.717, 1.165) is 54.1 Å². The quantitative estimate of drug-likeness (QED) is 0.200. The predicted octanol–water partition coefficient (Wildman–Crippen LogP) is 3.45. The van der Waals surface area contributed by atoms with E-state index in [1.165, 1.54) is 0 Å². The smallest absolute Gasteiger partial charge is 0.246 e. The van der Waals surface area contributed by atoms with Crippen LogP contribution in [0.15, 0.2) is 85.2 Å². The summed E-state index contributed by atoms with van der Waals surface area (Å²) in [5.74, 6) is -0.296. The van der Waals surface area contributed by atoms with Gasteiger partial charge < -0.3 is 25.2 Å². The number of rotatable bonds is 12. The first-order chi connectivity index (χ1) is 22.2. The lowest BCUT2D eigenvalue weighted by Gasteiger charge is -2.22. The first-order valence-electron chi connectivity index (χ1n) is 14.9. The fourth-order valence-corrected chi connectivity index (χ4v) is 4.21. The van der Waals surface area contributed by atoms with Crippen molar-refractivity contribution in [1.29, 1.82) is 0 Å². The zero-order valence-corrected chi connectivity index (χ0v) is 26.2. The maximum atomic E-state index is 11.5. The van der Waals surface area contributed by atoms with Crippen LogP contribution in [0.3, 0.4) is 0 Å². The van der Waals surface area contributed by atoms with Gasteiger partial charge in [-0.05, 0) is 68.5 Å². The van der Waals surface area contributed by atoms with Crippen LogP contribution in [0.2, 0.25) is 0 Å². The lowest BCUT2D eigenvalue weighted by Crippen LogP contribution is -2.22. The van der Waals surface area contributed by atoms with Crippen LogP contribution in [-0.4, -0.2) is 59.8 Å². The molecule has 0 saturated carbocycles. The van der Waals surface area contributed by atoms with Crippen LogP contribution in [0.25, 0.3) is 11.4 Å². The summed E-state index contributed by atoms with van der Waals surface area (Å²) in [6, 6.07) is 15.3. The van der Waals surface area contributed by atoms with Gasteiger partial charge in [0.15, 0.2) is 6.29 Å². The molecule has 0 spiro atoms. The Bertz CT molecular complexity index is 1610. The van der Waals surface area contributed by atoms with Crippen LogP contribution in [0.5, 0.6) is 0 Å². The normalized spacial score (nSPS) is 14.1. The lowest BCUT2D eigenvalue weighted by molar-refractivity contribution is -0.169. The fraction of sp³-hybridized carbons (Fsp3) is 0.333. The van der Waals surface area contributed by atoms with Crippen molar-refractivity contribution < 1.29 is 24.2 Å². The van der Waals surface area contributed by atoms with E-state index in [1.807, 2.05) is 54.7 Å². The summed E-state index contributed by atoms with van der Waals surface area (Å²) in [5.41, 5.74) is 5.98. The molecule has 242 valence electrons. The minimum atomic E-state index is -0.155. The number of aromatic nitrogens is 6. The van der Waals surface area contributed by atoms with Crippen LogP contribution in [-0.2, 0) is 45.4 Å². The Kier molecular flexibility index (Phi) is 12.5. The van der Waals surface area contributed by atoms with Crippen LogP contribution >= 0.6 is 0 Å². The molecule has 1 fully saturated rings. The minimum Gasteiger partial charge on any atom is -0.390 e. The molecule has 0 radical (unpaired) electrons. The maximum Gasteiger partial charge on any atom is 0.246 e. The van der Waals surface area contributed by atoms with Crippen LogP contribution in [0, 0.1) is 0 Å². The van der Waals surface area contributed by atoms with Crippen LogP contribution in [0.4, 0.5) is 0 Å².